The largest absolute Gasteiger partial charge is 0.481 e. The second-order valence-corrected chi connectivity index (χ2v) is 10.1. The number of carbonyl (C=O) groups is 2. The van der Waals surface area contributed by atoms with Crippen molar-refractivity contribution in [2.75, 3.05) is 0 Å². The van der Waals surface area contributed by atoms with Crippen molar-refractivity contribution in [2.45, 2.75) is 115 Å². The number of aliphatic hydroxyl groups excluding tert-OH is 2. The van der Waals surface area contributed by atoms with Gasteiger partial charge in [-0.1, -0.05) is 56.7 Å². The summed E-state index contributed by atoms with van der Waals surface area (Å²) in [5, 5.41) is 29.6. The fraction of sp³-hybridized carbons (Fsp3) is 0.643. The smallest absolute Gasteiger partial charge is 0.340 e. The molecule has 1 aromatic heterocycles. The van der Waals surface area contributed by atoms with Gasteiger partial charge >= 0.3 is 11.9 Å². The van der Waals surface area contributed by atoms with Crippen molar-refractivity contribution in [3.63, 3.8) is 0 Å². The number of H-pyrrole nitrogens is 1. The molecule has 2 aromatic rings. The van der Waals surface area contributed by atoms with Crippen molar-refractivity contribution in [3.05, 3.63) is 36.0 Å². The number of para-hydroxylation sites is 1. The first-order valence-corrected chi connectivity index (χ1v) is 13.4. The molecule has 0 saturated carbocycles. The normalized spacial score (nSPS) is 23.6. The number of aliphatic carboxylic acids is 1. The Bertz CT molecular complexity index is 991. The first-order chi connectivity index (χ1) is 17.7. The van der Waals surface area contributed by atoms with Crippen molar-refractivity contribution >= 4 is 22.8 Å². The zero-order valence-electron chi connectivity index (χ0n) is 21.8. The van der Waals surface area contributed by atoms with E-state index in [1.54, 1.807) is 6.20 Å². The maximum absolute atomic E-state index is 12.8. The molecule has 0 amide bonds. The van der Waals surface area contributed by atoms with E-state index in [9.17, 15) is 19.8 Å². The van der Waals surface area contributed by atoms with Crippen molar-refractivity contribution in [2.24, 2.45) is 0 Å². The molecule has 0 aliphatic carbocycles. The molecule has 0 bridgehead atoms. The topological polar surface area (TPSA) is 138 Å². The van der Waals surface area contributed by atoms with E-state index in [0.29, 0.717) is 12.0 Å². The number of carbonyl (C=O) groups excluding carboxylic acids is 1. The average Bonchev–Trinajstić information content (AvgIpc) is 3.28. The number of esters is 1. The van der Waals surface area contributed by atoms with Gasteiger partial charge in [-0.2, -0.15) is 0 Å². The van der Waals surface area contributed by atoms with Gasteiger partial charge in [0.25, 0.3) is 0 Å². The molecule has 9 heteroatoms. The molecular formula is C28H41NO8. The van der Waals surface area contributed by atoms with Crippen LogP contribution in [0.3, 0.4) is 0 Å². The predicted octanol–water partition coefficient (Wildman–Crippen LogP) is 4.55. The molecule has 1 aromatic carbocycles. The summed E-state index contributed by atoms with van der Waals surface area (Å²) in [5.41, 5.74) is 1.32. The zero-order chi connectivity index (χ0) is 26.8. The Kier molecular flexibility index (Phi) is 11.4. The summed E-state index contributed by atoms with van der Waals surface area (Å²) in [6.45, 7) is 3.79. The second kappa shape index (κ2) is 14.5. The van der Waals surface area contributed by atoms with E-state index in [0.717, 1.165) is 55.8 Å². The molecule has 0 spiro atoms. The first-order valence-electron chi connectivity index (χ1n) is 13.4. The third-order valence-corrected chi connectivity index (χ3v) is 6.90. The number of nitrogens with one attached hydrogen (secondary N) is 1. The van der Waals surface area contributed by atoms with Gasteiger partial charge in [0.15, 0.2) is 6.29 Å². The standard InChI is InChI=1S/C28H41NO8/c1-18(11-7-5-3-4-6-8-12-20(30)15-26(32)33)35-28-24(31)16-25(19(2)36-28)37-27(34)22-17-29-23-14-10-9-13-21(22)23/h9-10,13-14,17-20,24-25,28-31H,3-8,11-12,15-16H2,1-2H3,(H,32,33). The quantitative estimate of drug-likeness (QED) is 0.199. The Morgan fingerprint density at radius 3 is 2.51 bits per heavy atom. The summed E-state index contributed by atoms with van der Waals surface area (Å²) < 4.78 is 17.5. The van der Waals surface area contributed by atoms with Crippen LogP contribution in [-0.4, -0.2) is 69.1 Å². The Morgan fingerprint density at radius 1 is 1.11 bits per heavy atom. The van der Waals surface area contributed by atoms with Crippen LogP contribution in [0.5, 0.6) is 0 Å². The van der Waals surface area contributed by atoms with Gasteiger partial charge in [0.1, 0.15) is 12.2 Å². The number of hydrogen-bond acceptors (Lipinski definition) is 7. The van der Waals surface area contributed by atoms with Crippen LogP contribution in [-0.2, 0) is 19.0 Å². The van der Waals surface area contributed by atoms with Gasteiger partial charge in [-0.25, -0.2) is 4.79 Å². The van der Waals surface area contributed by atoms with E-state index in [4.69, 9.17) is 19.3 Å². The van der Waals surface area contributed by atoms with Crippen LogP contribution in [0.1, 0.15) is 88.4 Å². The molecule has 4 N–H and O–H groups in total. The molecule has 1 fully saturated rings. The van der Waals surface area contributed by atoms with Crippen molar-refractivity contribution < 1.29 is 39.1 Å². The summed E-state index contributed by atoms with van der Waals surface area (Å²) >= 11 is 0. The molecule has 3 rings (SSSR count). The highest BCUT2D eigenvalue weighted by Crippen LogP contribution is 2.27. The number of fused-ring (bicyclic) bond motifs is 1. The number of hydrogen-bond donors (Lipinski definition) is 4. The van der Waals surface area contributed by atoms with Crippen molar-refractivity contribution in [1.82, 2.24) is 4.98 Å². The minimum Gasteiger partial charge on any atom is -0.481 e. The fourth-order valence-electron chi connectivity index (χ4n) is 4.76. The molecule has 1 aliphatic heterocycles. The molecule has 1 saturated heterocycles. The molecule has 2 heterocycles. The van der Waals surface area contributed by atoms with Crippen LogP contribution in [0.25, 0.3) is 10.9 Å². The predicted molar refractivity (Wildman–Crippen MR) is 138 cm³/mol. The minimum atomic E-state index is -0.964. The highest BCUT2D eigenvalue weighted by molar-refractivity contribution is 6.04. The molecule has 9 nitrogen and oxygen atoms in total. The number of carboxylic acids is 1. The number of aliphatic hydroxyl groups is 2. The number of aromatic nitrogens is 1. The van der Waals surface area contributed by atoms with Gasteiger partial charge < -0.3 is 34.5 Å². The van der Waals surface area contributed by atoms with Gasteiger partial charge in [-0.15, -0.1) is 0 Å². The third kappa shape index (κ3) is 9.10. The average molecular weight is 520 g/mol. The Balaban J connectivity index is 1.31. The van der Waals surface area contributed by atoms with Crippen LogP contribution in [0, 0.1) is 0 Å². The number of ether oxygens (including phenoxy) is 3. The lowest BCUT2D eigenvalue weighted by molar-refractivity contribution is -0.273. The van der Waals surface area contributed by atoms with Gasteiger partial charge in [0, 0.05) is 23.5 Å². The third-order valence-electron chi connectivity index (χ3n) is 6.90. The SMILES string of the molecule is CC(CCCCCCCCC(O)CC(=O)O)OC1OC(C)C(OC(=O)c2c[nH]c3ccccc23)CC1O. The second-order valence-electron chi connectivity index (χ2n) is 10.1. The lowest BCUT2D eigenvalue weighted by atomic mass is 10.0. The summed E-state index contributed by atoms with van der Waals surface area (Å²) in [5.74, 6) is -1.41. The Hall–Kier alpha value is -2.46. The molecule has 6 unspecified atom stereocenters. The number of aromatic amines is 1. The van der Waals surface area contributed by atoms with E-state index in [2.05, 4.69) is 4.98 Å². The van der Waals surface area contributed by atoms with E-state index >= 15 is 0 Å². The Labute approximate surface area is 218 Å². The summed E-state index contributed by atoms with van der Waals surface area (Å²) in [7, 11) is 0. The minimum absolute atomic E-state index is 0.0802. The van der Waals surface area contributed by atoms with Crippen molar-refractivity contribution in [1.29, 1.82) is 0 Å². The van der Waals surface area contributed by atoms with Gasteiger partial charge in [0.05, 0.1) is 30.3 Å². The number of unbranched alkanes of at least 4 members (excludes halogenated alkanes) is 5. The lowest BCUT2D eigenvalue weighted by Gasteiger charge is -2.38. The number of benzene rings is 1. The maximum atomic E-state index is 12.8. The zero-order valence-corrected chi connectivity index (χ0v) is 21.8. The maximum Gasteiger partial charge on any atom is 0.340 e. The summed E-state index contributed by atoms with van der Waals surface area (Å²) in [4.78, 5) is 26.4. The highest BCUT2D eigenvalue weighted by atomic mass is 16.7. The molecular weight excluding hydrogens is 478 g/mol. The molecule has 6 atom stereocenters. The van der Waals surface area contributed by atoms with Crippen LogP contribution >= 0.6 is 0 Å². The molecule has 0 radical (unpaired) electrons. The summed E-state index contributed by atoms with van der Waals surface area (Å²) in [6.07, 6.45) is 5.59. The molecule has 37 heavy (non-hydrogen) atoms. The van der Waals surface area contributed by atoms with E-state index in [1.807, 2.05) is 38.1 Å². The molecule has 206 valence electrons. The van der Waals surface area contributed by atoms with Gasteiger partial charge in [-0.3, -0.25) is 4.79 Å². The first kappa shape index (κ1) is 29.1. The monoisotopic (exact) mass is 519 g/mol. The summed E-state index contributed by atoms with van der Waals surface area (Å²) in [6, 6.07) is 7.52. The van der Waals surface area contributed by atoms with E-state index in [-0.39, 0.29) is 18.9 Å². The molecule has 1 aliphatic rings. The Morgan fingerprint density at radius 2 is 1.78 bits per heavy atom. The van der Waals surface area contributed by atoms with E-state index in [1.165, 1.54) is 0 Å². The van der Waals surface area contributed by atoms with Crippen LogP contribution < -0.4 is 0 Å². The lowest BCUT2D eigenvalue weighted by Crippen LogP contribution is -2.49. The van der Waals surface area contributed by atoms with Crippen LogP contribution in [0.15, 0.2) is 30.5 Å². The van der Waals surface area contributed by atoms with Crippen LogP contribution in [0.2, 0.25) is 0 Å². The van der Waals surface area contributed by atoms with Crippen LogP contribution in [0.4, 0.5) is 0 Å². The van der Waals surface area contributed by atoms with Gasteiger partial charge in [-0.05, 0) is 32.8 Å². The van der Waals surface area contributed by atoms with E-state index < -0.39 is 42.6 Å². The van der Waals surface area contributed by atoms with Crippen molar-refractivity contribution in [3.8, 4) is 0 Å². The highest BCUT2D eigenvalue weighted by Gasteiger charge is 2.38. The number of carboxylic acid groups (broad SMARTS) is 1. The van der Waals surface area contributed by atoms with Gasteiger partial charge in [0.2, 0.25) is 0 Å². The fourth-order valence-corrected chi connectivity index (χ4v) is 4.76. The number of rotatable bonds is 15.